The monoisotopic (exact) mass is 239 g/mol. The number of aliphatic hydroxyl groups excluding tert-OH is 1. The van der Waals surface area contributed by atoms with Gasteiger partial charge < -0.3 is 19.9 Å². The average molecular weight is 239 g/mol. The molecule has 1 atom stereocenters. The maximum absolute atomic E-state index is 10.0. The van der Waals surface area contributed by atoms with Gasteiger partial charge in [0.05, 0.1) is 20.3 Å². The molecule has 4 heteroatoms. The number of nitrogens with one attached hydrogen (secondary N) is 1. The minimum absolute atomic E-state index is 0.455. The molecule has 4 nitrogen and oxygen atoms in total. The minimum atomic E-state index is -0.455. The highest BCUT2D eigenvalue weighted by Crippen LogP contribution is 2.31. The summed E-state index contributed by atoms with van der Waals surface area (Å²) in [6.45, 7) is 0.907. The van der Waals surface area contributed by atoms with Crippen molar-refractivity contribution in [3.8, 4) is 11.5 Å². The molecule has 0 radical (unpaired) electrons. The highest BCUT2D eigenvalue weighted by atomic mass is 16.5. The summed E-state index contributed by atoms with van der Waals surface area (Å²) < 4.78 is 10.4. The molecule has 96 valence electrons. The molecule has 0 saturated carbocycles. The van der Waals surface area contributed by atoms with Gasteiger partial charge in [0, 0.05) is 0 Å². The number of hydrogen-bond acceptors (Lipinski definition) is 4. The third-order valence-electron chi connectivity index (χ3n) is 2.70. The van der Waals surface area contributed by atoms with Crippen LogP contribution >= 0.6 is 0 Å². The first-order chi connectivity index (χ1) is 8.22. The summed E-state index contributed by atoms with van der Waals surface area (Å²) in [5, 5.41) is 13.1. The van der Waals surface area contributed by atoms with E-state index >= 15 is 0 Å². The van der Waals surface area contributed by atoms with Gasteiger partial charge in [-0.15, -0.1) is 0 Å². The lowest BCUT2D eigenvalue weighted by Crippen LogP contribution is -2.09. The van der Waals surface area contributed by atoms with Gasteiger partial charge in [-0.25, -0.2) is 0 Å². The molecule has 17 heavy (non-hydrogen) atoms. The van der Waals surface area contributed by atoms with E-state index in [1.807, 2.05) is 25.2 Å². The summed E-state index contributed by atoms with van der Waals surface area (Å²) in [5.41, 5.74) is 0.860. The normalized spacial score (nSPS) is 12.2. The Hall–Kier alpha value is -1.26. The van der Waals surface area contributed by atoms with Crippen LogP contribution in [0.15, 0.2) is 18.2 Å². The van der Waals surface area contributed by atoms with Crippen LogP contribution in [0.2, 0.25) is 0 Å². The van der Waals surface area contributed by atoms with Crippen LogP contribution in [0, 0.1) is 0 Å². The molecule has 0 spiro atoms. The number of ether oxygens (including phenoxy) is 2. The number of hydrogen-bond donors (Lipinski definition) is 2. The highest BCUT2D eigenvalue weighted by molar-refractivity contribution is 5.43. The van der Waals surface area contributed by atoms with E-state index in [4.69, 9.17) is 9.47 Å². The average Bonchev–Trinajstić information content (AvgIpc) is 2.38. The van der Waals surface area contributed by atoms with Gasteiger partial charge in [-0.2, -0.15) is 0 Å². The molecular weight excluding hydrogens is 218 g/mol. The van der Waals surface area contributed by atoms with Crippen molar-refractivity contribution in [2.45, 2.75) is 18.9 Å². The van der Waals surface area contributed by atoms with E-state index in [1.54, 1.807) is 14.2 Å². The number of aliphatic hydroxyl groups is 1. The molecule has 0 fully saturated rings. The van der Waals surface area contributed by atoms with E-state index in [0.29, 0.717) is 11.5 Å². The largest absolute Gasteiger partial charge is 0.493 e. The van der Waals surface area contributed by atoms with Crippen molar-refractivity contribution in [1.29, 1.82) is 0 Å². The summed E-state index contributed by atoms with van der Waals surface area (Å²) >= 11 is 0. The van der Waals surface area contributed by atoms with Crippen LogP contribution in [0.3, 0.4) is 0 Å². The molecule has 0 heterocycles. The zero-order chi connectivity index (χ0) is 12.7. The SMILES string of the molecule is CNCCCC(O)c1ccc(OC)c(OC)c1. The van der Waals surface area contributed by atoms with Crippen LogP contribution in [0.25, 0.3) is 0 Å². The number of benzene rings is 1. The first-order valence-electron chi connectivity index (χ1n) is 5.77. The molecule has 0 aliphatic carbocycles. The fraction of sp³-hybridized carbons (Fsp3) is 0.538. The zero-order valence-electron chi connectivity index (χ0n) is 10.7. The molecule has 1 aromatic carbocycles. The third-order valence-corrected chi connectivity index (χ3v) is 2.70. The van der Waals surface area contributed by atoms with Gasteiger partial charge in [0.1, 0.15) is 0 Å². The Morgan fingerprint density at radius 3 is 2.53 bits per heavy atom. The molecule has 0 amide bonds. The molecule has 0 aliphatic rings. The van der Waals surface area contributed by atoms with E-state index in [-0.39, 0.29) is 0 Å². The van der Waals surface area contributed by atoms with Gasteiger partial charge in [-0.05, 0) is 44.1 Å². The number of rotatable bonds is 7. The number of methoxy groups -OCH3 is 2. The van der Waals surface area contributed by atoms with E-state index in [1.165, 1.54) is 0 Å². The lowest BCUT2D eigenvalue weighted by Gasteiger charge is -2.14. The third kappa shape index (κ3) is 3.91. The van der Waals surface area contributed by atoms with Crippen molar-refractivity contribution >= 4 is 0 Å². The first-order valence-corrected chi connectivity index (χ1v) is 5.77. The second-order valence-electron chi connectivity index (χ2n) is 3.88. The quantitative estimate of drug-likeness (QED) is 0.712. The molecule has 1 unspecified atom stereocenters. The zero-order valence-corrected chi connectivity index (χ0v) is 10.7. The maximum Gasteiger partial charge on any atom is 0.161 e. The van der Waals surface area contributed by atoms with E-state index in [2.05, 4.69) is 5.32 Å². The summed E-state index contributed by atoms with van der Waals surface area (Å²) in [7, 11) is 5.10. The maximum atomic E-state index is 10.0. The molecule has 0 aromatic heterocycles. The smallest absolute Gasteiger partial charge is 0.161 e. The van der Waals surface area contributed by atoms with Gasteiger partial charge in [0.25, 0.3) is 0 Å². The van der Waals surface area contributed by atoms with Gasteiger partial charge in [0.15, 0.2) is 11.5 Å². The van der Waals surface area contributed by atoms with Crippen molar-refractivity contribution in [2.75, 3.05) is 27.8 Å². The van der Waals surface area contributed by atoms with E-state index in [0.717, 1.165) is 24.9 Å². The molecule has 0 bridgehead atoms. The molecule has 0 saturated heterocycles. The summed E-state index contributed by atoms with van der Waals surface area (Å²) in [6, 6.07) is 5.50. The first kappa shape index (κ1) is 13.8. The Bertz CT molecular complexity index is 341. The Morgan fingerprint density at radius 2 is 1.94 bits per heavy atom. The van der Waals surface area contributed by atoms with Crippen molar-refractivity contribution < 1.29 is 14.6 Å². The molecule has 1 rings (SSSR count). The van der Waals surface area contributed by atoms with Gasteiger partial charge in [0.2, 0.25) is 0 Å². The fourth-order valence-corrected chi connectivity index (χ4v) is 1.70. The van der Waals surface area contributed by atoms with Crippen LogP contribution in [-0.4, -0.2) is 32.9 Å². The molecule has 2 N–H and O–H groups in total. The predicted molar refractivity (Wildman–Crippen MR) is 67.7 cm³/mol. The van der Waals surface area contributed by atoms with Crippen molar-refractivity contribution in [3.63, 3.8) is 0 Å². The van der Waals surface area contributed by atoms with E-state index < -0.39 is 6.10 Å². The molecule has 0 aliphatic heterocycles. The lowest BCUT2D eigenvalue weighted by molar-refractivity contribution is 0.164. The minimum Gasteiger partial charge on any atom is -0.493 e. The van der Waals surface area contributed by atoms with Crippen LogP contribution in [-0.2, 0) is 0 Å². The van der Waals surface area contributed by atoms with Crippen molar-refractivity contribution in [1.82, 2.24) is 5.32 Å². The highest BCUT2D eigenvalue weighted by Gasteiger charge is 2.11. The van der Waals surface area contributed by atoms with Gasteiger partial charge >= 0.3 is 0 Å². The summed E-state index contributed by atoms with van der Waals surface area (Å²) in [4.78, 5) is 0. The van der Waals surface area contributed by atoms with Crippen molar-refractivity contribution in [3.05, 3.63) is 23.8 Å². The van der Waals surface area contributed by atoms with Crippen LogP contribution in [0.4, 0.5) is 0 Å². The second kappa shape index (κ2) is 7.14. The van der Waals surface area contributed by atoms with E-state index in [9.17, 15) is 5.11 Å². The summed E-state index contributed by atoms with van der Waals surface area (Å²) in [5.74, 6) is 1.33. The van der Waals surface area contributed by atoms with Gasteiger partial charge in [-0.3, -0.25) is 0 Å². The topological polar surface area (TPSA) is 50.7 Å². The Morgan fingerprint density at radius 1 is 1.24 bits per heavy atom. The summed E-state index contributed by atoms with van der Waals surface area (Å²) in [6.07, 6.45) is 1.21. The Kier molecular flexibility index (Phi) is 5.80. The van der Waals surface area contributed by atoms with Crippen LogP contribution in [0.1, 0.15) is 24.5 Å². The fourth-order valence-electron chi connectivity index (χ4n) is 1.70. The van der Waals surface area contributed by atoms with Crippen LogP contribution < -0.4 is 14.8 Å². The Balaban J connectivity index is 2.70. The second-order valence-corrected chi connectivity index (χ2v) is 3.88. The van der Waals surface area contributed by atoms with Gasteiger partial charge in [-0.1, -0.05) is 6.07 Å². The van der Waals surface area contributed by atoms with Crippen LogP contribution in [0.5, 0.6) is 11.5 Å². The molecule has 1 aromatic rings. The standard InChI is InChI=1S/C13H21NO3/c1-14-8-4-5-11(15)10-6-7-12(16-2)13(9-10)17-3/h6-7,9,11,14-15H,4-5,8H2,1-3H3. The van der Waals surface area contributed by atoms with Crippen molar-refractivity contribution in [2.24, 2.45) is 0 Å². The Labute approximate surface area is 103 Å². The lowest BCUT2D eigenvalue weighted by atomic mass is 10.0. The predicted octanol–water partition coefficient (Wildman–Crippen LogP) is 1.74. The molecular formula is C13H21NO3.